The van der Waals surface area contributed by atoms with Crippen molar-refractivity contribution in [2.75, 3.05) is 11.1 Å². The van der Waals surface area contributed by atoms with Gasteiger partial charge in [-0.15, -0.1) is 0 Å². The third-order valence-electron chi connectivity index (χ3n) is 4.57. The topological polar surface area (TPSA) is 82.3 Å². The Morgan fingerprint density at radius 1 is 0.806 bits per heavy atom. The highest BCUT2D eigenvalue weighted by Crippen LogP contribution is 2.34. The van der Waals surface area contributed by atoms with Crippen molar-refractivity contribution in [1.82, 2.24) is 9.97 Å². The van der Waals surface area contributed by atoms with Gasteiger partial charge in [-0.05, 0) is 73.5 Å². The minimum Gasteiger partial charge on any atom is -0.457 e. The molecule has 7 heteroatoms. The first-order valence-corrected chi connectivity index (χ1v) is 10.0. The third kappa shape index (κ3) is 4.87. The molecule has 0 saturated heterocycles. The second kappa shape index (κ2) is 8.93. The summed E-state index contributed by atoms with van der Waals surface area (Å²) in [6.45, 7) is 3.84. The van der Waals surface area contributed by atoms with E-state index in [1.54, 1.807) is 0 Å². The zero-order valence-electron chi connectivity index (χ0n) is 17.1. The maximum atomic E-state index is 6.25. The van der Waals surface area contributed by atoms with E-state index in [0.29, 0.717) is 22.3 Å². The van der Waals surface area contributed by atoms with Crippen molar-refractivity contribution >= 4 is 28.8 Å². The van der Waals surface area contributed by atoms with Gasteiger partial charge in [0, 0.05) is 10.7 Å². The van der Waals surface area contributed by atoms with Crippen molar-refractivity contribution in [3.63, 3.8) is 0 Å². The third-order valence-corrected chi connectivity index (χ3v) is 5.16. The van der Waals surface area contributed by atoms with Gasteiger partial charge in [-0.25, -0.2) is 4.98 Å². The van der Waals surface area contributed by atoms with Crippen molar-refractivity contribution in [1.29, 1.82) is 0 Å². The fraction of sp³-hybridized carbons (Fsp3) is 0.0833. The molecule has 0 bridgehead atoms. The van der Waals surface area contributed by atoms with Gasteiger partial charge in [0.25, 0.3) is 0 Å². The quantitative estimate of drug-likeness (QED) is 0.354. The molecule has 3 N–H and O–H groups in total. The summed E-state index contributed by atoms with van der Waals surface area (Å²) in [6.07, 6.45) is 1.40. The summed E-state index contributed by atoms with van der Waals surface area (Å²) in [4.78, 5) is 8.40. The monoisotopic (exact) mass is 432 g/mol. The number of hydrogen-bond donors (Lipinski definition) is 2. The van der Waals surface area contributed by atoms with E-state index >= 15 is 0 Å². The molecule has 3 aromatic carbocycles. The molecule has 1 heterocycles. The number of halogens is 1. The average molecular weight is 433 g/mol. The molecule has 6 nitrogen and oxygen atoms in total. The van der Waals surface area contributed by atoms with Crippen LogP contribution in [-0.4, -0.2) is 9.97 Å². The molecule has 0 aliphatic carbocycles. The SMILES string of the molecule is Cc1cc(Oc2ncnc(Nc3ccc(Oc4ccccc4)cc3)c2N)cc(C)c1Cl. The molecule has 156 valence electrons. The summed E-state index contributed by atoms with van der Waals surface area (Å²) >= 11 is 6.23. The van der Waals surface area contributed by atoms with Gasteiger partial charge < -0.3 is 20.5 Å². The summed E-state index contributed by atoms with van der Waals surface area (Å²) in [5, 5.41) is 3.90. The second-order valence-electron chi connectivity index (χ2n) is 6.98. The van der Waals surface area contributed by atoms with Crippen LogP contribution >= 0.6 is 11.6 Å². The largest absolute Gasteiger partial charge is 0.457 e. The number of ether oxygens (including phenoxy) is 2. The minimum atomic E-state index is 0.266. The van der Waals surface area contributed by atoms with Crippen LogP contribution in [0.2, 0.25) is 5.02 Å². The van der Waals surface area contributed by atoms with Crippen LogP contribution in [0.4, 0.5) is 17.2 Å². The molecule has 0 amide bonds. The number of nitrogens with one attached hydrogen (secondary N) is 1. The van der Waals surface area contributed by atoms with E-state index in [0.717, 1.165) is 28.3 Å². The molecule has 0 radical (unpaired) electrons. The van der Waals surface area contributed by atoms with Gasteiger partial charge in [-0.2, -0.15) is 4.98 Å². The van der Waals surface area contributed by atoms with Gasteiger partial charge in [0.1, 0.15) is 29.3 Å². The van der Waals surface area contributed by atoms with Gasteiger partial charge in [0.15, 0.2) is 5.82 Å². The van der Waals surface area contributed by atoms with Crippen LogP contribution in [0.25, 0.3) is 0 Å². The van der Waals surface area contributed by atoms with Gasteiger partial charge in [-0.1, -0.05) is 29.8 Å². The molecule has 4 rings (SSSR count). The minimum absolute atomic E-state index is 0.266. The lowest BCUT2D eigenvalue weighted by molar-refractivity contribution is 0.464. The van der Waals surface area contributed by atoms with E-state index < -0.39 is 0 Å². The number of nitrogen functional groups attached to an aromatic ring is 1. The number of rotatable bonds is 6. The molecule has 0 unspecified atom stereocenters. The number of hydrogen-bond acceptors (Lipinski definition) is 6. The molecule has 0 atom stereocenters. The molecule has 0 aliphatic heterocycles. The first kappa shape index (κ1) is 20.5. The van der Waals surface area contributed by atoms with E-state index in [1.807, 2.05) is 80.6 Å². The summed E-state index contributed by atoms with van der Waals surface area (Å²) in [6, 6.07) is 20.8. The Morgan fingerprint density at radius 3 is 2.13 bits per heavy atom. The molecule has 0 spiro atoms. The Labute approximate surface area is 185 Å². The first-order valence-electron chi connectivity index (χ1n) is 9.64. The molecule has 0 saturated carbocycles. The predicted molar refractivity (Wildman–Crippen MR) is 124 cm³/mol. The van der Waals surface area contributed by atoms with E-state index in [-0.39, 0.29) is 5.88 Å². The molecule has 0 aliphatic rings. The number of para-hydroxylation sites is 1. The molecule has 0 fully saturated rings. The zero-order chi connectivity index (χ0) is 21.8. The fourth-order valence-corrected chi connectivity index (χ4v) is 3.11. The molecular formula is C24H21ClN4O2. The molecule has 1 aromatic heterocycles. The Bertz CT molecular complexity index is 1180. The summed E-state index contributed by atoms with van der Waals surface area (Å²) < 4.78 is 11.7. The Kier molecular flexibility index (Phi) is 5.91. The van der Waals surface area contributed by atoms with Crippen LogP contribution in [0, 0.1) is 13.8 Å². The van der Waals surface area contributed by atoms with Gasteiger partial charge in [-0.3, -0.25) is 0 Å². The van der Waals surface area contributed by atoms with Crippen LogP contribution in [0.3, 0.4) is 0 Å². The Hall–Kier alpha value is -3.77. The first-order chi connectivity index (χ1) is 15.0. The number of aromatic nitrogens is 2. The number of nitrogens with zero attached hydrogens (tertiary/aromatic N) is 2. The number of aryl methyl sites for hydroxylation is 2. The smallest absolute Gasteiger partial charge is 0.248 e. The van der Waals surface area contributed by atoms with Crippen LogP contribution in [0.15, 0.2) is 73.1 Å². The van der Waals surface area contributed by atoms with Crippen molar-refractivity contribution in [3.8, 4) is 23.1 Å². The normalized spacial score (nSPS) is 10.5. The van der Waals surface area contributed by atoms with E-state index in [2.05, 4.69) is 15.3 Å². The maximum absolute atomic E-state index is 6.25. The van der Waals surface area contributed by atoms with Crippen molar-refractivity contribution < 1.29 is 9.47 Å². The summed E-state index contributed by atoms with van der Waals surface area (Å²) in [7, 11) is 0. The summed E-state index contributed by atoms with van der Waals surface area (Å²) in [5.74, 6) is 2.83. The highest BCUT2D eigenvalue weighted by atomic mass is 35.5. The Balaban J connectivity index is 1.49. The lowest BCUT2D eigenvalue weighted by Crippen LogP contribution is -2.03. The van der Waals surface area contributed by atoms with Gasteiger partial charge in [0.05, 0.1) is 0 Å². The van der Waals surface area contributed by atoms with Crippen molar-refractivity contribution in [2.45, 2.75) is 13.8 Å². The lowest BCUT2D eigenvalue weighted by Gasteiger charge is -2.13. The lowest BCUT2D eigenvalue weighted by atomic mass is 10.1. The van der Waals surface area contributed by atoms with Crippen LogP contribution in [0.5, 0.6) is 23.1 Å². The number of anilines is 3. The fourth-order valence-electron chi connectivity index (χ4n) is 3.00. The zero-order valence-corrected chi connectivity index (χ0v) is 17.9. The van der Waals surface area contributed by atoms with Gasteiger partial charge >= 0.3 is 0 Å². The van der Waals surface area contributed by atoms with Crippen molar-refractivity contribution in [3.05, 3.63) is 89.2 Å². The standard InChI is InChI=1S/C24H21ClN4O2/c1-15-12-20(13-16(2)21(15)25)31-24-22(26)23(27-14-28-24)29-17-8-10-19(11-9-17)30-18-6-4-3-5-7-18/h3-14H,26H2,1-2H3,(H,27,28,29). The molecule has 31 heavy (non-hydrogen) atoms. The van der Waals surface area contributed by atoms with Crippen LogP contribution in [0.1, 0.15) is 11.1 Å². The maximum Gasteiger partial charge on any atom is 0.248 e. The van der Waals surface area contributed by atoms with Crippen LogP contribution in [-0.2, 0) is 0 Å². The second-order valence-corrected chi connectivity index (χ2v) is 7.36. The number of benzene rings is 3. The van der Waals surface area contributed by atoms with Crippen molar-refractivity contribution in [2.24, 2.45) is 0 Å². The number of nitrogens with two attached hydrogens (primary N) is 1. The summed E-state index contributed by atoms with van der Waals surface area (Å²) in [5.41, 5.74) is 9.19. The molecule has 4 aromatic rings. The highest BCUT2D eigenvalue weighted by Gasteiger charge is 2.12. The van der Waals surface area contributed by atoms with E-state index in [4.69, 9.17) is 26.8 Å². The average Bonchev–Trinajstić information content (AvgIpc) is 2.77. The van der Waals surface area contributed by atoms with Crippen LogP contribution < -0.4 is 20.5 Å². The predicted octanol–water partition coefficient (Wildman–Crippen LogP) is 6.66. The highest BCUT2D eigenvalue weighted by molar-refractivity contribution is 6.32. The van der Waals surface area contributed by atoms with Gasteiger partial charge in [0.2, 0.25) is 5.88 Å². The van der Waals surface area contributed by atoms with E-state index in [1.165, 1.54) is 6.33 Å². The Morgan fingerprint density at radius 2 is 1.45 bits per heavy atom. The molecular weight excluding hydrogens is 412 g/mol. The van der Waals surface area contributed by atoms with E-state index in [9.17, 15) is 0 Å².